The maximum atomic E-state index is 12.8. The number of amides is 8. The van der Waals surface area contributed by atoms with Gasteiger partial charge in [-0.3, -0.25) is 0 Å². The Morgan fingerprint density at radius 2 is 0.565 bits per heavy atom. The first kappa shape index (κ1) is 99.3. The van der Waals surface area contributed by atoms with Crippen LogP contribution in [0, 0.1) is 38.7 Å². The number of nitriles is 1. The molecule has 8 heterocycles. The molecule has 22 nitrogen and oxygen atoms in total. The number of carbonyl (C=O) groups excluding carboxylic acids is 8. The van der Waals surface area contributed by atoms with E-state index in [0.717, 1.165) is 97.7 Å². The maximum absolute atomic E-state index is 12.8. The molecule has 10 aromatic carbocycles. The molecular formula is C105H81Cl3N14O8S4Se4. The number of hydrogen-bond donors (Lipinski definition) is 0. The summed E-state index contributed by atoms with van der Waals surface area (Å²) < 4.78 is 7.89. The predicted octanol–water partition coefficient (Wildman–Crippen LogP) is 20.9. The van der Waals surface area contributed by atoms with E-state index in [-0.39, 0.29) is 136 Å². The summed E-state index contributed by atoms with van der Waals surface area (Å²) in [4.78, 5) is 125. The fraction of sp³-hybridized carbons (Fsp3) is 0.105. The van der Waals surface area contributed by atoms with E-state index in [2.05, 4.69) is 142 Å². The molecule has 0 atom stereocenters. The number of anilines is 12. The summed E-state index contributed by atoms with van der Waals surface area (Å²) in [5.41, 5.74) is 12.9. The summed E-state index contributed by atoms with van der Waals surface area (Å²) >= 11 is 38.9. The third-order valence-corrected chi connectivity index (χ3v) is 34.3. The van der Waals surface area contributed by atoms with Crippen molar-refractivity contribution in [3.05, 3.63) is 356 Å². The van der Waals surface area contributed by atoms with Gasteiger partial charge < -0.3 is 0 Å². The summed E-state index contributed by atoms with van der Waals surface area (Å²) in [6.45, 7) is 13.4. The molecule has 4 aromatic heterocycles. The van der Waals surface area contributed by atoms with Crippen molar-refractivity contribution in [2.45, 2.75) is 20.8 Å². The monoisotopic (exact) mass is 2220 g/mol. The van der Waals surface area contributed by atoms with Crippen LogP contribution in [0.15, 0.2) is 289 Å². The van der Waals surface area contributed by atoms with Crippen molar-refractivity contribution in [2.75, 3.05) is 76.0 Å². The third kappa shape index (κ3) is 21.0. The molecule has 14 aromatic rings. The van der Waals surface area contributed by atoms with Gasteiger partial charge in [0, 0.05) is 0 Å². The topological polar surface area (TPSA) is 204 Å². The van der Waals surface area contributed by atoms with Crippen molar-refractivity contribution < 1.29 is 38.4 Å². The Hall–Kier alpha value is -13.2. The molecule has 0 aliphatic carbocycles. The molecule has 8 amide bonds. The molecule has 688 valence electrons. The number of halogens is 3. The molecular weight excluding hydrogens is 2140 g/mol. The molecule has 4 aliphatic rings. The molecule has 138 heavy (non-hydrogen) atoms. The quantitative estimate of drug-likeness (QED) is 0.0290. The second-order valence-electron chi connectivity index (χ2n) is 31.8. The van der Waals surface area contributed by atoms with Crippen molar-refractivity contribution in [1.82, 2.24) is 39.2 Å². The Morgan fingerprint density at radius 1 is 0.312 bits per heavy atom. The number of hydrogen-bond acceptors (Lipinski definition) is 17. The SMILES string of the molecule is Cc1ccc(N(c2ccc(C=C3C(=O)N(C)C(=S)N(C)C3=O)[se]2)c2ccc(Cl)c3ccccc23)cc1.Cc1ccc(N(c2ccc(Cl)cc2)c2ccc(C=C3C(=O)N(C)C(=S)N(C)C3=O)[se]2)c2ccccc12.Cc1ccc(N(c2ccc(Cl)cc2)c2ccc(C=C3C(=O)N(C)C(=S)N(C)C3=O)[se]2)cc1.[C-]#[N+]c1ccc(N(c2ccc(C#N)cc2)c2ccc(C=C3C(=O)N(C)C(=S)N(C)C3=O)[se]2)cc1. The van der Waals surface area contributed by atoms with Gasteiger partial charge in [0.1, 0.15) is 0 Å². The van der Waals surface area contributed by atoms with Crippen LogP contribution >= 0.6 is 83.7 Å². The van der Waals surface area contributed by atoms with Gasteiger partial charge >= 0.3 is 866 Å². The zero-order chi connectivity index (χ0) is 98.5. The number of thiocarbonyl (C=S) groups is 4. The van der Waals surface area contributed by atoms with Crippen LogP contribution in [0.5, 0.6) is 0 Å². The van der Waals surface area contributed by atoms with Crippen LogP contribution in [0.1, 0.15) is 40.0 Å². The van der Waals surface area contributed by atoms with Gasteiger partial charge in [-0.25, -0.2) is 0 Å². The van der Waals surface area contributed by atoms with Crippen LogP contribution < -0.4 is 19.6 Å². The molecule has 0 N–H and O–H groups in total. The van der Waals surface area contributed by atoms with Crippen molar-refractivity contribution in [2.24, 2.45) is 0 Å². The number of likely N-dealkylation sites (N-methyl/N-ethyl adjacent to an activating group) is 8. The number of nitrogens with zero attached hydrogens (tertiary/aromatic N) is 14. The Labute approximate surface area is 857 Å². The van der Waals surface area contributed by atoms with E-state index in [4.69, 9.17) is 95.5 Å². The van der Waals surface area contributed by atoms with Gasteiger partial charge in [-0.05, 0) is 0 Å². The van der Waals surface area contributed by atoms with Gasteiger partial charge in [0.25, 0.3) is 0 Å². The molecule has 0 saturated carbocycles. The Morgan fingerprint density at radius 3 is 0.870 bits per heavy atom. The number of benzene rings is 10. The van der Waals surface area contributed by atoms with Gasteiger partial charge in [-0.1, -0.05) is 0 Å². The molecule has 18 rings (SSSR count). The molecule has 0 spiro atoms. The normalized spacial score (nSPS) is 14.0. The predicted molar refractivity (Wildman–Crippen MR) is 572 cm³/mol. The van der Waals surface area contributed by atoms with Crippen molar-refractivity contribution in [1.29, 1.82) is 5.26 Å². The summed E-state index contributed by atoms with van der Waals surface area (Å²) in [6, 6.07) is 89.4. The summed E-state index contributed by atoms with van der Waals surface area (Å²) in [5.74, 6) is -3.12. The molecule has 4 fully saturated rings. The van der Waals surface area contributed by atoms with E-state index in [0.29, 0.717) is 26.3 Å². The van der Waals surface area contributed by atoms with E-state index in [1.807, 2.05) is 152 Å². The summed E-state index contributed by atoms with van der Waals surface area (Å²) in [7, 11) is 12.6. The zero-order valence-corrected chi connectivity index (χ0v) is 88.0. The van der Waals surface area contributed by atoms with Gasteiger partial charge in [-0.15, -0.1) is 0 Å². The van der Waals surface area contributed by atoms with E-state index < -0.39 is 11.8 Å². The van der Waals surface area contributed by atoms with Gasteiger partial charge in [0.05, 0.1) is 0 Å². The minimum absolute atomic E-state index is 0.0766. The fourth-order valence-corrected chi connectivity index (χ4v) is 24.6. The van der Waals surface area contributed by atoms with Crippen LogP contribution in [0.2, 0.25) is 15.1 Å². The van der Waals surface area contributed by atoms with E-state index in [9.17, 15) is 38.4 Å². The van der Waals surface area contributed by atoms with Crippen molar-refractivity contribution in [3.8, 4) is 6.07 Å². The molecule has 0 radical (unpaired) electrons. The standard InChI is InChI=1S/2C28H22ClN3O2SSe.C25H17N5O2SSe.C24H20ClN3O2SSe/c1-17-8-14-24(22-7-5-4-6-21(17)22)32(19-11-9-18(29)10-12-19)25-15-13-20(36-25)16-23-26(33)30(2)28(35)31(3)27(23)34;1-17-8-10-18(11-9-17)32(24-14-13-23(29)20-6-4-5-7-21(20)24)25-15-12-19(36-25)16-22-26(33)30(2)28(35)31(3)27(22)34;1-27-17-6-10-19(11-7-17)30(18-8-4-16(15-26)5-9-18)22-13-12-20(34-22)14-21-23(31)28(2)25(33)29(3)24(21)32;1-15-4-8-17(9-5-15)28(18-10-6-16(25)7-11-18)21-13-12-19(32-21)14-20-22(29)26(2)24(31)27(3)23(20)30/h2*4-16H,1-3H3;4-14H,2-3H3;4-14H,1-3H3. The second kappa shape index (κ2) is 42.9. The average molecular weight is 2220 g/mol. The number of carbonyl (C=O) groups is 8. The minimum atomic E-state index is -0.420. The number of fused-ring (bicyclic) bond motifs is 2. The van der Waals surface area contributed by atoms with E-state index in [1.165, 1.54) is 61.3 Å². The zero-order valence-electron chi connectivity index (χ0n) is 75.6. The molecule has 0 bridgehead atoms. The summed E-state index contributed by atoms with van der Waals surface area (Å²) in [5, 5.41) is 16.3. The van der Waals surface area contributed by atoms with E-state index >= 15 is 0 Å². The van der Waals surface area contributed by atoms with Crippen molar-refractivity contribution in [3.63, 3.8) is 0 Å². The van der Waals surface area contributed by atoms with Crippen LogP contribution in [0.25, 0.3) is 50.7 Å². The molecule has 4 aliphatic heterocycles. The number of rotatable bonds is 16. The van der Waals surface area contributed by atoms with Crippen LogP contribution in [0.3, 0.4) is 0 Å². The average Bonchev–Trinajstić information content (AvgIpc) is 1.54. The first-order valence-electron chi connectivity index (χ1n) is 42.3. The third-order valence-electron chi connectivity index (χ3n) is 22.7. The Balaban J connectivity index is 0.000000140. The molecule has 4 saturated heterocycles. The number of aryl methyl sites for hydroxylation is 3. The van der Waals surface area contributed by atoms with Gasteiger partial charge in [-0.2, -0.15) is 0 Å². The first-order valence-corrected chi connectivity index (χ1v) is 51.9. The fourth-order valence-electron chi connectivity index (χ4n) is 15.2. The van der Waals surface area contributed by atoms with Gasteiger partial charge in [0.2, 0.25) is 0 Å². The van der Waals surface area contributed by atoms with E-state index in [1.54, 1.807) is 105 Å². The molecule has 33 heteroatoms. The van der Waals surface area contributed by atoms with Crippen LogP contribution in [0.4, 0.5) is 69.4 Å². The van der Waals surface area contributed by atoms with Crippen LogP contribution in [-0.2, 0) is 38.4 Å². The van der Waals surface area contributed by atoms with Gasteiger partial charge in [0.15, 0.2) is 0 Å². The summed E-state index contributed by atoms with van der Waals surface area (Å²) in [6.07, 6.45) is 6.74. The Bertz CT molecular complexity index is 7090. The second-order valence-corrected chi connectivity index (χ2v) is 43.7. The van der Waals surface area contributed by atoms with Crippen LogP contribution in [-0.4, -0.2) is 221 Å². The molecule has 0 unspecified atom stereocenters. The first-order chi connectivity index (χ1) is 66.1. The Kier molecular flexibility index (Phi) is 30.8. The van der Waals surface area contributed by atoms with Crippen molar-refractivity contribution >= 4 is 325 Å².